The molecule has 3 fully saturated rings. The lowest BCUT2D eigenvalue weighted by Crippen LogP contribution is -2.53. The maximum Gasteiger partial charge on any atom is 0.317 e. The van der Waals surface area contributed by atoms with Gasteiger partial charge in [-0.05, 0) is 37.0 Å². The molecule has 0 aromatic heterocycles. The molecular formula is C33H53N7O10S. The second kappa shape index (κ2) is 23.8. The van der Waals surface area contributed by atoms with Gasteiger partial charge in [-0.1, -0.05) is 18.6 Å². The Labute approximate surface area is 302 Å². The second-order valence-electron chi connectivity index (χ2n) is 12.5. The molecule has 3 amide bonds. The van der Waals surface area contributed by atoms with Gasteiger partial charge < -0.3 is 46.0 Å². The average Bonchev–Trinajstić information content (AvgIpc) is 3.67. The van der Waals surface area contributed by atoms with Gasteiger partial charge in [0.05, 0.1) is 38.6 Å². The number of carbonyl (C=O) groups excluding carboxylic acids is 4. The van der Waals surface area contributed by atoms with Crippen LogP contribution in [-0.2, 0) is 30.4 Å². The first-order valence-electron chi connectivity index (χ1n) is 16.8. The van der Waals surface area contributed by atoms with Crippen LogP contribution >= 0.6 is 11.8 Å². The number of aliphatic carboxylic acids is 2. The monoisotopic (exact) mass is 739 g/mol. The van der Waals surface area contributed by atoms with E-state index in [0.29, 0.717) is 69.6 Å². The number of thioether (sulfide) groups is 1. The fraction of sp³-hybridized carbons (Fsp3) is 0.636. The van der Waals surface area contributed by atoms with Gasteiger partial charge in [-0.25, -0.2) is 4.79 Å². The molecule has 18 heteroatoms. The van der Waals surface area contributed by atoms with Gasteiger partial charge in [-0.2, -0.15) is 11.8 Å². The summed E-state index contributed by atoms with van der Waals surface area (Å²) in [4.78, 5) is 71.0. The lowest BCUT2D eigenvalue weighted by atomic mass is 10.0. The molecule has 0 saturated carbocycles. The van der Waals surface area contributed by atoms with Gasteiger partial charge in [0.25, 0.3) is 0 Å². The molecule has 0 spiro atoms. The highest BCUT2D eigenvalue weighted by Gasteiger charge is 2.42. The third kappa shape index (κ3) is 15.2. The minimum absolute atomic E-state index is 0.0767. The first-order chi connectivity index (χ1) is 24.6. The first-order valence-corrected chi connectivity index (χ1v) is 17.9. The van der Waals surface area contributed by atoms with E-state index in [0.717, 1.165) is 30.6 Å². The summed E-state index contributed by atoms with van der Waals surface area (Å²) >= 11 is 1.86. The van der Waals surface area contributed by atoms with E-state index in [2.05, 4.69) is 16.0 Å². The van der Waals surface area contributed by atoms with E-state index in [-0.39, 0.29) is 56.6 Å². The van der Waals surface area contributed by atoms with Crippen LogP contribution in [0.3, 0.4) is 0 Å². The number of nitrogens with one attached hydrogen (secondary N) is 3. The Morgan fingerprint density at radius 2 is 1.41 bits per heavy atom. The van der Waals surface area contributed by atoms with Gasteiger partial charge in [0.15, 0.2) is 0 Å². The molecule has 0 radical (unpaired) electrons. The molecule has 51 heavy (non-hydrogen) atoms. The number of aliphatic hydroxyl groups excluding tert-OH is 2. The number of amides is 3. The Hall–Kier alpha value is -3.65. The highest BCUT2D eigenvalue weighted by atomic mass is 32.2. The smallest absolute Gasteiger partial charge is 0.317 e. The van der Waals surface area contributed by atoms with Crippen molar-refractivity contribution in [3.05, 3.63) is 29.8 Å². The number of rotatable bonds is 14. The van der Waals surface area contributed by atoms with Gasteiger partial charge in [-0.15, -0.1) is 0 Å². The number of carboxylic acids is 2. The normalized spacial score (nSPS) is 23.5. The number of benzene rings is 1. The zero-order chi connectivity index (χ0) is 37.8. The van der Waals surface area contributed by atoms with E-state index in [4.69, 9.17) is 9.59 Å². The summed E-state index contributed by atoms with van der Waals surface area (Å²) in [5.74, 6) is -1.16. The number of aliphatic hydroxyl groups is 2. The molecule has 4 unspecified atom stereocenters. The summed E-state index contributed by atoms with van der Waals surface area (Å²) in [5.41, 5.74) is 1.56. The van der Waals surface area contributed by atoms with Crippen molar-refractivity contribution in [1.29, 1.82) is 0 Å². The third-order valence-corrected chi connectivity index (χ3v) is 10.5. The number of anilines is 1. The summed E-state index contributed by atoms with van der Waals surface area (Å²) in [5, 5.41) is 48.3. The van der Waals surface area contributed by atoms with E-state index in [1.54, 1.807) is 14.7 Å². The predicted molar refractivity (Wildman–Crippen MR) is 191 cm³/mol. The first kappa shape index (κ1) is 43.5. The number of fused-ring (bicyclic) bond motifs is 1. The minimum Gasteiger partial charge on any atom is -0.480 e. The lowest BCUT2D eigenvalue weighted by Gasteiger charge is -2.37. The Balaban J connectivity index is 0.00000217. The van der Waals surface area contributed by atoms with E-state index in [1.165, 1.54) is 0 Å². The van der Waals surface area contributed by atoms with Crippen LogP contribution in [0.25, 0.3) is 0 Å². The molecule has 17 nitrogen and oxygen atoms in total. The van der Waals surface area contributed by atoms with Gasteiger partial charge in [0.2, 0.25) is 5.91 Å². The molecule has 4 atom stereocenters. The van der Waals surface area contributed by atoms with Crippen LogP contribution < -0.4 is 16.0 Å². The van der Waals surface area contributed by atoms with Crippen LogP contribution in [0.4, 0.5) is 10.5 Å². The predicted octanol–water partition coefficient (Wildman–Crippen LogP) is -0.817. The molecule has 286 valence electrons. The van der Waals surface area contributed by atoms with Gasteiger partial charge >= 0.3 is 18.0 Å². The van der Waals surface area contributed by atoms with Gasteiger partial charge in [0, 0.05) is 75.0 Å². The molecule has 0 bridgehead atoms. The molecule has 1 aromatic rings. The van der Waals surface area contributed by atoms with E-state index in [1.807, 2.05) is 54.5 Å². The summed E-state index contributed by atoms with van der Waals surface area (Å²) in [7, 11) is 0. The number of carboxylic acid groups (broad SMARTS) is 2. The standard InChI is InChI=1S/C31H49N7O8S.2CH2O/c39-20-35-9-10-36(21-40)13-14-38(18-29(44)45)24(16-37(12-11-35)17-28(42)43)15-22-5-7-23(8-6-22)32-27(41)4-2-1-3-26-30-25(19-47-26)33-31(46)34-30;2*1-2/h5-8,24-26,30,39-40H,1-4,9-21H2,(H,32,41)(H,42,43)(H,44,45)(H2,33,34,46);2*1H2. The quantitative estimate of drug-likeness (QED) is 0.0913. The number of nitrogens with zero attached hydrogens (tertiary/aromatic N) is 4. The van der Waals surface area contributed by atoms with Crippen LogP contribution in [0.2, 0.25) is 0 Å². The van der Waals surface area contributed by atoms with Crippen molar-refractivity contribution in [3.63, 3.8) is 0 Å². The molecule has 7 N–H and O–H groups in total. The lowest BCUT2D eigenvalue weighted by molar-refractivity contribution is -0.141. The fourth-order valence-corrected chi connectivity index (χ4v) is 7.98. The van der Waals surface area contributed by atoms with E-state index in [9.17, 15) is 39.6 Å². The largest absolute Gasteiger partial charge is 0.480 e. The molecule has 0 aliphatic carbocycles. The highest BCUT2D eigenvalue weighted by Crippen LogP contribution is 2.33. The van der Waals surface area contributed by atoms with Crippen LogP contribution in [0.15, 0.2) is 24.3 Å². The van der Waals surface area contributed by atoms with Crippen LogP contribution in [-0.4, -0.2) is 179 Å². The van der Waals surface area contributed by atoms with Crippen molar-refractivity contribution in [2.24, 2.45) is 0 Å². The van der Waals surface area contributed by atoms with E-state index < -0.39 is 11.9 Å². The van der Waals surface area contributed by atoms with Crippen molar-refractivity contribution in [2.45, 2.75) is 55.5 Å². The molecule has 3 aliphatic rings. The topological polar surface area (TPSA) is 232 Å². The van der Waals surface area contributed by atoms with Crippen molar-refractivity contribution < 1.29 is 49.2 Å². The summed E-state index contributed by atoms with van der Waals surface area (Å²) in [6.07, 6.45) is 3.42. The number of hydrogen-bond donors (Lipinski definition) is 7. The van der Waals surface area contributed by atoms with Gasteiger partial charge in [0.1, 0.15) is 13.6 Å². The molecular weight excluding hydrogens is 686 g/mol. The number of urea groups is 1. The van der Waals surface area contributed by atoms with Crippen LogP contribution in [0, 0.1) is 0 Å². The molecule has 1 aromatic carbocycles. The minimum atomic E-state index is -1.000. The van der Waals surface area contributed by atoms with Crippen LogP contribution in [0.1, 0.15) is 31.2 Å². The van der Waals surface area contributed by atoms with Crippen molar-refractivity contribution >= 4 is 54.9 Å². The maximum atomic E-state index is 12.6. The molecule has 3 saturated heterocycles. The zero-order valence-corrected chi connectivity index (χ0v) is 29.8. The van der Waals surface area contributed by atoms with E-state index >= 15 is 0 Å². The van der Waals surface area contributed by atoms with Crippen molar-refractivity contribution in [3.8, 4) is 0 Å². The maximum absolute atomic E-state index is 12.6. The number of carbonyl (C=O) groups is 6. The second-order valence-corrected chi connectivity index (χ2v) is 13.8. The molecule has 3 heterocycles. The number of unbranched alkanes of at least 4 members (excludes halogenated alkanes) is 1. The third-order valence-electron chi connectivity index (χ3n) is 9.04. The van der Waals surface area contributed by atoms with Crippen molar-refractivity contribution in [2.75, 3.05) is 83.4 Å². The molecule has 3 aliphatic heterocycles. The Morgan fingerprint density at radius 1 is 0.824 bits per heavy atom. The van der Waals surface area contributed by atoms with Gasteiger partial charge in [-0.3, -0.25) is 34.0 Å². The molecule has 4 rings (SSSR count). The Morgan fingerprint density at radius 3 is 2.00 bits per heavy atom. The average molecular weight is 740 g/mol. The van der Waals surface area contributed by atoms with Crippen molar-refractivity contribution in [1.82, 2.24) is 30.2 Å². The van der Waals surface area contributed by atoms with Crippen LogP contribution in [0.5, 0.6) is 0 Å². The highest BCUT2D eigenvalue weighted by molar-refractivity contribution is 8.00. The SMILES string of the molecule is C=O.C=O.O=C(O)CN1CCN(CO)CCN(CO)CCN(CC(=O)O)C(Cc2ccc(NC(=O)CCCCC3SCC4NC(=O)NC43)cc2)C1. The summed E-state index contributed by atoms with van der Waals surface area (Å²) in [6.45, 7) is 5.89. The Kier molecular flexibility index (Phi) is 20.3. The fourth-order valence-electron chi connectivity index (χ4n) is 6.43. The summed E-state index contributed by atoms with van der Waals surface area (Å²) < 4.78 is 0. The number of hydrogen-bond acceptors (Lipinski definition) is 13. The summed E-state index contributed by atoms with van der Waals surface area (Å²) in [6, 6.07) is 7.31. The zero-order valence-electron chi connectivity index (χ0n) is 29.0. The Bertz CT molecular complexity index is 1230.